The Bertz CT molecular complexity index is 461. The third-order valence-corrected chi connectivity index (χ3v) is 3.69. The molecule has 0 radical (unpaired) electrons. The van der Waals surface area contributed by atoms with Crippen LogP contribution in [-0.4, -0.2) is 25.9 Å². The third kappa shape index (κ3) is 3.42. The highest BCUT2D eigenvalue weighted by Crippen LogP contribution is 2.35. The van der Waals surface area contributed by atoms with Gasteiger partial charge in [-0.15, -0.1) is 0 Å². The summed E-state index contributed by atoms with van der Waals surface area (Å²) in [6, 6.07) is 4.35. The summed E-state index contributed by atoms with van der Waals surface area (Å²) in [5.41, 5.74) is 0.379. The molecule has 0 aromatic heterocycles. The van der Waals surface area contributed by atoms with Crippen LogP contribution >= 0.6 is 0 Å². The maximum Gasteiger partial charge on any atom is 0.391 e. The fraction of sp³-hybridized carbons (Fsp3) is 0.571. The first-order valence-electron chi connectivity index (χ1n) is 6.53. The SMILES string of the molecule is COc1cccc(CC2CC(C(F)(F)F)CCN2)c1F. The summed E-state index contributed by atoms with van der Waals surface area (Å²) in [5.74, 6) is -1.68. The third-order valence-electron chi connectivity index (χ3n) is 3.69. The van der Waals surface area contributed by atoms with Crippen molar-refractivity contribution in [3.8, 4) is 5.75 Å². The molecular formula is C14H17F4NO. The van der Waals surface area contributed by atoms with Crippen LogP contribution in [0.15, 0.2) is 18.2 Å². The van der Waals surface area contributed by atoms with E-state index in [1.807, 2.05) is 0 Å². The molecule has 1 fully saturated rings. The number of hydrogen-bond donors (Lipinski definition) is 1. The van der Waals surface area contributed by atoms with Crippen molar-refractivity contribution in [1.82, 2.24) is 5.32 Å². The van der Waals surface area contributed by atoms with Gasteiger partial charge in [-0.1, -0.05) is 12.1 Å². The van der Waals surface area contributed by atoms with Crippen molar-refractivity contribution in [2.24, 2.45) is 5.92 Å². The Morgan fingerprint density at radius 1 is 1.35 bits per heavy atom. The lowest BCUT2D eigenvalue weighted by molar-refractivity contribution is -0.183. The molecule has 1 heterocycles. The number of ether oxygens (including phenoxy) is 1. The predicted octanol–water partition coefficient (Wildman–Crippen LogP) is 3.31. The lowest BCUT2D eigenvalue weighted by Crippen LogP contribution is -2.43. The van der Waals surface area contributed by atoms with Gasteiger partial charge in [0.1, 0.15) is 0 Å². The summed E-state index contributed by atoms with van der Waals surface area (Å²) in [6.07, 6.45) is -3.87. The summed E-state index contributed by atoms with van der Waals surface area (Å²) in [4.78, 5) is 0. The Kier molecular flexibility index (Phi) is 4.52. The highest BCUT2D eigenvalue weighted by molar-refractivity contribution is 5.31. The summed E-state index contributed by atoms with van der Waals surface area (Å²) in [7, 11) is 1.36. The Hall–Kier alpha value is -1.30. The van der Waals surface area contributed by atoms with Crippen LogP contribution in [0.5, 0.6) is 5.75 Å². The second-order valence-electron chi connectivity index (χ2n) is 5.05. The minimum Gasteiger partial charge on any atom is -0.494 e. The fourth-order valence-electron chi connectivity index (χ4n) is 2.60. The number of piperidine rings is 1. The zero-order chi connectivity index (χ0) is 14.8. The molecule has 1 aromatic carbocycles. The standard InChI is InChI=1S/C14H17F4NO/c1-20-12-4-2-3-9(13(12)15)7-11-8-10(5-6-19-11)14(16,17)18/h2-4,10-11,19H,5-8H2,1H3. The number of hydrogen-bond acceptors (Lipinski definition) is 2. The van der Waals surface area contributed by atoms with Crippen molar-refractivity contribution in [2.45, 2.75) is 31.5 Å². The Morgan fingerprint density at radius 3 is 2.75 bits per heavy atom. The van der Waals surface area contributed by atoms with Crippen LogP contribution in [0.3, 0.4) is 0 Å². The highest BCUT2D eigenvalue weighted by Gasteiger charge is 2.42. The molecule has 2 atom stereocenters. The summed E-state index contributed by atoms with van der Waals surface area (Å²) in [6.45, 7) is 0.306. The topological polar surface area (TPSA) is 21.3 Å². The Balaban J connectivity index is 2.07. The lowest BCUT2D eigenvalue weighted by Gasteiger charge is -2.31. The maximum atomic E-state index is 14.0. The number of nitrogens with one attached hydrogen (secondary N) is 1. The summed E-state index contributed by atoms with van der Waals surface area (Å²) >= 11 is 0. The highest BCUT2D eigenvalue weighted by atomic mass is 19.4. The van der Waals surface area contributed by atoms with Crippen LogP contribution in [0.25, 0.3) is 0 Å². The van der Waals surface area contributed by atoms with Crippen LogP contribution < -0.4 is 10.1 Å². The number of rotatable bonds is 3. The van der Waals surface area contributed by atoms with E-state index in [2.05, 4.69) is 5.32 Å². The van der Waals surface area contributed by atoms with E-state index in [0.717, 1.165) is 0 Å². The first-order valence-corrected chi connectivity index (χ1v) is 6.53. The van der Waals surface area contributed by atoms with E-state index in [9.17, 15) is 17.6 Å². The molecule has 2 nitrogen and oxygen atoms in total. The van der Waals surface area contributed by atoms with Gasteiger partial charge in [-0.05, 0) is 37.4 Å². The fourth-order valence-corrected chi connectivity index (χ4v) is 2.60. The van der Waals surface area contributed by atoms with Crippen molar-refractivity contribution < 1.29 is 22.3 Å². The maximum absolute atomic E-state index is 14.0. The van der Waals surface area contributed by atoms with Gasteiger partial charge in [0.2, 0.25) is 0 Å². The van der Waals surface area contributed by atoms with E-state index in [0.29, 0.717) is 12.1 Å². The Morgan fingerprint density at radius 2 is 2.10 bits per heavy atom. The first-order chi connectivity index (χ1) is 9.41. The van der Waals surface area contributed by atoms with Gasteiger partial charge in [0.15, 0.2) is 11.6 Å². The molecule has 1 N–H and O–H groups in total. The second kappa shape index (κ2) is 5.99. The first kappa shape index (κ1) is 15.1. The largest absolute Gasteiger partial charge is 0.494 e. The normalized spacial score (nSPS) is 23.6. The van der Waals surface area contributed by atoms with Crippen molar-refractivity contribution in [3.05, 3.63) is 29.6 Å². The molecule has 1 aromatic rings. The van der Waals surface area contributed by atoms with E-state index in [1.165, 1.54) is 13.2 Å². The van der Waals surface area contributed by atoms with E-state index in [-0.39, 0.29) is 31.1 Å². The Labute approximate surface area is 115 Å². The number of methoxy groups -OCH3 is 1. The molecular weight excluding hydrogens is 274 g/mol. The van der Waals surface area contributed by atoms with Gasteiger partial charge < -0.3 is 10.1 Å². The molecule has 20 heavy (non-hydrogen) atoms. The summed E-state index contributed by atoms with van der Waals surface area (Å²) in [5, 5.41) is 3.03. The molecule has 0 spiro atoms. The molecule has 0 amide bonds. The minimum atomic E-state index is -4.17. The molecule has 2 rings (SSSR count). The van der Waals surface area contributed by atoms with Gasteiger partial charge >= 0.3 is 6.18 Å². The van der Waals surface area contributed by atoms with Crippen LogP contribution in [0, 0.1) is 11.7 Å². The molecule has 0 bridgehead atoms. The van der Waals surface area contributed by atoms with E-state index >= 15 is 0 Å². The average Bonchev–Trinajstić information content (AvgIpc) is 2.40. The second-order valence-corrected chi connectivity index (χ2v) is 5.05. The molecule has 6 heteroatoms. The quantitative estimate of drug-likeness (QED) is 0.863. The summed E-state index contributed by atoms with van der Waals surface area (Å²) < 4.78 is 57.0. The van der Waals surface area contributed by atoms with Gasteiger partial charge in [0, 0.05) is 6.04 Å². The van der Waals surface area contributed by atoms with E-state index in [4.69, 9.17) is 4.74 Å². The molecule has 2 unspecified atom stereocenters. The molecule has 1 aliphatic rings. The van der Waals surface area contributed by atoms with Crippen molar-refractivity contribution in [3.63, 3.8) is 0 Å². The van der Waals surface area contributed by atoms with Crippen LogP contribution in [0.4, 0.5) is 17.6 Å². The van der Waals surface area contributed by atoms with Crippen LogP contribution in [-0.2, 0) is 6.42 Å². The van der Waals surface area contributed by atoms with Crippen molar-refractivity contribution in [2.75, 3.05) is 13.7 Å². The molecule has 1 saturated heterocycles. The molecule has 1 aliphatic heterocycles. The average molecular weight is 291 g/mol. The van der Waals surface area contributed by atoms with Gasteiger partial charge in [-0.3, -0.25) is 0 Å². The van der Waals surface area contributed by atoms with Crippen molar-refractivity contribution in [1.29, 1.82) is 0 Å². The van der Waals surface area contributed by atoms with Gasteiger partial charge in [0.05, 0.1) is 13.0 Å². The van der Waals surface area contributed by atoms with E-state index in [1.54, 1.807) is 12.1 Å². The number of benzene rings is 1. The molecule has 0 aliphatic carbocycles. The number of halogens is 4. The monoisotopic (exact) mass is 291 g/mol. The van der Waals surface area contributed by atoms with Crippen LogP contribution in [0.1, 0.15) is 18.4 Å². The van der Waals surface area contributed by atoms with Crippen molar-refractivity contribution >= 4 is 0 Å². The smallest absolute Gasteiger partial charge is 0.391 e. The predicted molar refractivity (Wildman–Crippen MR) is 67.2 cm³/mol. The zero-order valence-corrected chi connectivity index (χ0v) is 11.1. The van der Waals surface area contributed by atoms with Gasteiger partial charge in [-0.2, -0.15) is 13.2 Å². The van der Waals surface area contributed by atoms with E-state index < -0.39 is 17.9 Å². The molecule has 112 valence electrons. The van der Waals surface area contributed by atoms with Gasteiger partial charge in [0.25, 0.3) is 0 Å². The van der Waals surface area contributed by atoms with Gasteiger partial charge in [-0.25, -0.2) is 4.39 Å². The molecule has 0 saturated carbocycles. The van der Waals surface area contributed by atoms with Crippen LogP contribution in [0.2, 0.25) is 0 Å². The zero-order valence-electron chi connectivity index (χ0n) is 11.1. The lowest BCUT2D eigenvalue weighted by atomic mass is 9.88. The number of alkyl halides is 3. The minimum absolute atomic E-state index is 0.0137.